The molecule has 0 unspecified atom stereocenters. The number of hydrogen-bond donors (Lipinski definition) is 0. The SMILES string of the molecule is CCn1nc(-c2ccccc2)c(-c2nccs2)n1. The van der Waals surface area contributed by atoms with Crippen molar-refractivity contribution in [2.45, 2.75) is 13.5 Å². The molecule has 0 saturated carbocycles. The van der Waals surface area contributed by atoms with Crippen molar-refractivity contribution in [3.63, 3.8) is 0 Å². The van der Waals surface area contributed by atoms with Crippen LogP contribution in [-0.2, 0) is 6.54 Å². The van der Waals surface area contributed by atoms with Crippen molar-refractivity contribution in [2.75, 3.05) is 0 Å². The van der Waals surface area contributed by atoms with E-state index >= 15 is 0 Å². The Hall–Kier alpha value is -2.01. The Balaban J connectivity index is 2.17. The first-order valence-corrected chi connectivity index (χ1v) is 6.67. The third kappa shape index (κ3) is 1.93. The number of aromatic nitrogens is 4. The van der Waals surface area contributed by atoms with Crippen LogP contribution in [0, 0.1) is 0 Å². The van der Waals surface area contributed by atoms with Gasteiger partial charge in [0.15, 0.2) is 0 Å². The van der Waals surface area contributed by atoms with E-state index in [0.29, 0.717) is 0 Å². The quantitative estimate of drug-likeness (QED) is 0.723. The van der Waals surface area contributed by atoms with E-state index < -0.39 is 0 Å². The topological polar surface area (TPSA) is 43.6 Å². The summed E-state index contributed by atoms with van der Waals surface area (Å²) < 4.78 is 0. The van der Waals surface area contributed by atoms with E-state index in [2.05, 4.69) is 15.2 Å². The van der Waals surface area contributed by atoms with Crippen molar-refractivity contribution in [1.29, 1.82) is 0 Å². The molecule has 1 aromatic carbocycles. The fraction of sp³-hybridized carbons (Fsp3) is 0.154. The first-order chi connectivity index (χ1) is 8.88. The van der Waals surface area contributed by atoms with Gasteiger partial charge < -0.3 is 0 Å². The maximum Gasteiger partial charge on any atom is 0.149 e. The van der Waals surface area contributed by atoms with Gasteiger partial charge in [-0.25, -0.2) is 4.98 Å². The fourth-order valence-electron chi connectivity index (χ4n) is 1.76. The monoisotopic (exact) mass is 256 g/mol. The molecule has 18 heavy (non-hydrogen) atoms. The van der Waals surface area contributed by atoms with Crippen LogP contribution >= 0.6 is 11.3 Å². The molecule has 0 saturated heterocycles. The zero-order valence-corrected chi connectivity index (χ0v) is 10.8. The van der Waals surface area contributed by atoms with E-state index in [1.54, 1.807) is 22.3 Å². The number of hydrogen-bond acceptors (Lipinski definition) is 4. The number of rotatable bonds is 3. The molecule has 2 aromatic heterocycles. The molecule has 0 atom stereocenters. The summed E-state index contributed by atoms with van der Waals surface area (Å²) in [5.74, 6) is 0. The summed E-state index contributed by atoms with van der Waals surface area (Å²) in [6.45, 7) is 2.78. The van der Waals surface area contributed by atoms with Crippen molar-refractivity contribution in [1.82, 2.24) is 20.0 Å². The minimum atomic E-state index is 0.755. The second-order valence-corrected chi connectivity index (χ2v) is 4.68. The summed E-state index contributed by atoms with van der Waals surface area (Å²) >= 11 is 1.58. The molecule has 0 aliphatic rings. The highest BCUT2D eigenvalue weighted by molar-refractivity contribution is 7.13. The van der Waals surface area contributed by atoms with E-state index in [1.807, 2.05) is 42.6 Å². The van der Waals surface area contributed by atoms with Crippen molar-refractivity contribution in [3.8, 4) is 22.0 Å². The molecule has 4 nitrogen and oxygen atoms in total. The predicted molar refractivity (Wildman–Crippen MR) is 72.2 cm³/mol. The van der Waals surface area contributed by atoms with Crippen LogP contribution < -0.4 is 0 Å². The van der Waals surface area contributed by atoms with Crippen LogP contribution in [-0.4, -0.2) is 20.0 Å². The lowest BCUT2D eigenvalue weighted by Crippen LogP contribution is -1.98. The zero-order chi connectivity index (χ0) is 12.4. The van der Waals surface area contributed by atoms with E-state index in [1.165, 1.54) is 0 Å². The number of aryl methyl sites for hydroxylation is 1. The van der Waals surface area contributed by atoms with Crippen LogP contribution in [0.2, 0.25) is 0 Å². The van der Waals surface area contributed by atoms with Gasteiger partial charge in [-0.15, -0.1) is 11.3 Å². The molecule has 0 fully saturated rings. The Morgan fingerprint density at radius 1 is 1.11 bits per heavy atom. The van der Waals surface area contributed by atoms with Crippen LogP contribution in [0.4, 0.5) is 0 Å². The Morgan fingerprint density at radius 2 is 1.89 bits per heavy atom. The number of benzene rings is 1. The second kappa shape index (κ2) is 4.70. The fourth-order valence-corrected chi connectivity index (χ4v) is 2.39. The van der Waals surface area contributed by atoms with Gasteiger partial charge >= 0.3 is 0 Å². The Morgan fingerprint density at radius 3 is 2.56 bits per heavy atom. The smallest absolute Gasteiger partial charge is 0.149 e. The second-order valence-electron chi connectivity index (χ2n) is 3.79. The highest BCUT2D eigenvalue weighted by atomic mass is 32.1. The van der Waals surface area contributed by atoms with Gasteiger partial charge in [0.25, 0.3) is 0 Å². The molecule has 5 heteroatoms. The first kappa shape index (κ1) is 11.1. The molecular weight excluding hydrogens is 244 g/mol. The molecule has 0 bridgehead atoms. The number of nitrogens with zero attached hydrogens (tertiary/aromatic N) is 4. The van der Waals surface area contributed by atoms with Crippen LogP contribution in [0.25, 0.3) is 22.0 Å². The van der Waals surface area contributed by atoms with Gasteiger partial charge in [-0.05, 0) is 6.92 Å². The average molecular weight is 256 g/mol. The minimum absolute atomic E-state index is 0.755. The molecular formula is C13H12N4S. The van der Waals surface area contributed by atoms with Crippen LogP contribution in [0.5, 0.6) is 0 Å². The minimum Gasteiger partial charge on any atom is -0.243 e. The van der Waals surface area contributed by atoms with Gasteiger partial charge in [-0.1, -0.05) is 30.3 Å². The van der Waals surface area contributed by atoms with E-state index in [-0.39, 0.29) is 0 Å². The van der Waals surface area contributed by atoms with Gasteiger partial charge in [-0.2, -0.15) is 15.0 Å². The summed E-state index contributed by atoms with van der Waals surface area (Å²) in [6.07, 6.45) is 1.79. The normalized spacial score (nSPS) is 10.7. The van der Waals surface area contributed by atoms with Crippen molar-refractivity contribution in [3.05, 3.63) is 41.9 Å². The zero-order valence-electron chi connectivity index (χ0n) is 9.95. The van der Waals surface area contributed by atoms with E-state index in [4.69, 9.17) is 0 Å². The van der Waals surface area contributed by atoms with Crippen molar-refractivity contribution >= 4 is 11.3 Å². The molecule has 3 aromatic rings. The molecule has 0 amide bonds. The molecule has 2 heterocycles. The summed E-state index contributed by atoms with van der Waals surface area (Å²) in [6, 6.07) is 10.1. The summed E-state index contributed by atoms with van der Waals surface area (Å²) in [5, 5.41) is 11.9. The Kier molecular flexibility index (Phi) is 2.90. The van der Waals surface area contributed by atoms with E-state index in [0.717, 1.165) is 28.5 Å². The van der Waals surface area contributed by atoms with Gasteiger partial charge in [-0.3, -0.25) is 0 Å². The lowest BCUT2D eigenvalue weighted by atomic mass is 10.1. The maximum atomic E-state index is 4.53. The van der Waals surface area contributed by atoms with Crippen molar-refractivity contribution in [2.24, 2.45) is 0 Å². The maximum absolute atomic E-state index is 4.53. The molecule has 3 rings (SSSR count). The van der Waals surface area contributed by atoms with Crippen molar-refractivity contribution < 1.29 is 0 Å². The lowest BCUT2D eigenvalue weighted by Gasteiger charge is -1.97. The molecule has 0 spiro atoms. The van der Waals surface area contributed by atoms with E-state index in [9.17, 15) is 0 Å². The lowest BCUT2D eigenvalue weighted by molar-refractivity contribution is 0.572. The van der Waals surface area contributed by atoms with Crippen LogP contribution in [0.15, 0.2) is 41.9 Å². The van der Waals surface area contributed by atoms with Gasteiger partial charge in [0.1, 0.15) is 16.4 Å². The van der Waals surface area contributed by atoms with Gasteiger partial charge in [0.05, 0.1) is 6.54 Å². The molecule has 90 valence electrons. The molecule has 0 N–H and O–H groups in total. The Labute approximate surface area is 109 Å². The summed E-state index contributed by atoms with van der Waals surface area (Å²) in [5.41, 5.74) is 2.83. The first-order valence-electron chi connectivity index (χ1n) is 5.79. The van der Waals surface area contributed by atoms with Crippen LogP contribution in [0.3, 0.4) is 0 Å². The number of thiazole rings is 1. The summed E-state index contributed by atoms with van der Waals surface area (Å²) in [4.78, 5) is 6.03. The largest absolute Gasteiger partial charge is 0.243 e. The highest BCUT2D eigenvalue weighted by Crippen LogP contribution is 2.29. The molecule has 0 aliphatic heterocycles. The standard InChI is InChI=1S/C13H12N4S/c1-2-17-15-11(10-6-4-3-5-7-10)12(16-17)13-14-8-9-18-13/h3-9H,2H2,1H3. The summed E-state index contributed by atoms with van der Waals surface area (Å²) in [7, 11) is 0. The average Bonchev–Trinajstić information content (AvgIpc) is 3.08. The predicted octanol–water partition coefficient (Wildman–Crippen LogP) is 3.09. The molecule has 0 aliphatic carbocycles. The Bertz CT molecular complexity index is 628. The third-order valence-electron chi connectivity index (χ3n) is 2.62. The third-order valence-corrected chi connectivity index (χ3v) is 3.40. The van der Waals surface area contributed by atoms with Gasteiger partial charge in [0.2, 0.25) is 0 Å². The van der Waals surface area contributed by atoms with Gasteiger partial charge in [0, 0.05) is 17.1 Å². The van der Waals surface area contributed by atoms with Crippen LogP contribution in [0.1, 0.15) is 6.92 Å². The highest BCUT2D eigenvalue weighted by Gasteiger charge is 2.16. The molecule has 0 radical (unpaired) electrons.